The highest BCUT2D eigenvalue weighted by atomic mass is 32.2. The van der Waals surface area contributed by atoms with Gasteiger partial charge in [0, 0.05) is 29.9 Å². The molecule has 0 aliphatic heterocycles. The Labute approximate surface area is 160 Å². The van der Waals surface area contributed by atoms with E-state index in [-0.39, 0.29) is 5.56 Å². The van der Waals surface area contributed by atoms with Crippen molar-refractivity contribution in [3.8, 4) is 0 Å². The van der Waals surface area contributed by atoms with Crippen LogP contribution in [-0.2, 0) is 5.75 Å². The molecular weight excluding hydrogens is 358 g/mol. The summed E-state index contributed by atoms with van der Waals surface area (Å²) in [6.45, 7) is 4.78. The minimum absolute atomic E-state index is 0.0768. The summed E-state index contributed by atoms with van der Waals surface area (Å²) in [5, 5.41) is 4.96. The van der Waals surface area contributed by atoms with Gasteiger partial charge in [-0.25, -0.2) is 15.0 Å². The van der Waals surface area contributed by atoms with Crippen molar-refractivity contribution in [2.75, 3.05) is 11.9 Å². The summed E-state index contributed by atoms with van der Waals surface area (Å²) in [7, 11) is 0. The fraction of sp³-hybridized carbons (Fsp3) is 0.200. The van der Waals surface area contributed by atoms with Gasteiger partial charge in [0.15, 0.2) is 5.16 Å². The number of aryl methyl sites for hydroxylation is 1. The third kappa shape index (κ3) is 3.50. The minimum Gasteiger partial charge on any atom is -0.370 e. The van der Waals surface area contributed by atoms with Gasteiger partial charge in [-0.3, -0.25) is 9.20 Å². The molecule has 0 bridgehead atoms. The second kappa shape index (κ2) is 7.36. The van der Waals surface area contributed by atoms with Gasteiger partial charge < -0.3 is 5.32 Å². The maximum absolute atomic E-state index is 12.3. The van der Waals surface area contributed by atoms with Crippen LogP contribution in [0.4, 0.5) is 5.82 Å². The molecule has 136 valence electrons. The highest BCUT2D eigenvalue weighted by Crippen LogP contribution is 2.25. The molecule has 3 aromatic heterocycles. The second-order valence-electron chi connectivity index (χ2n) is 6.16. The van der Waals surface area contributed by atoms with Crippen molar-refractivity contribution in [3.63, 3.8) is 0 Å². The number of nitrogens with zero attached hydrogens (tertiary/aromatic N) is 4. The number of aromatic nitrogens is 4. The van der Waals surface area contributed by atoms with Crippen LogP contribution in [0.3, 0.4) is 0 Å². The van der Waals surface area contributed by atoms with E-state index in [0.29, 0.717) is 16.6 Å². The van der Waals surface area contributed by atoms with Gasteiger partial charge >= 0.3 is 0 Å². The number of fused-ring (bicyclic) bond motifs is 2. The largest absolute Gasteiger partial charge is 0.370 e. The molecular formula is C20H19N5OS. The van der Waals surface area contributed by atoms with Crippen molar-refractivity contribution in [2.45, 2.75) is 24.8 Å². The van der Waals surface area contributed by atoms with Crippen molar-refractivity contribution in [1.82, 2.24) is 19.4 Å². The Morgan fingerprint density at radius 2 is 1.96 bits per heavy atom. The quantitative estimate of drug-likeness (QED) is 0.423. The first-order valence-electron chi connectivity index (χ1n) is 8.77. The highest BCUT2D eigenvalue weighted by Gasteiger charge is 2.10. The van der Waals surface area contributed by atoms with Gasteiger partial charge in [0.1, 0.15) is 11.5 Å². The first kappa shape index (κ1) is 17.5. The zero-order valence-electron chi connectivity index (χ0n) is 15.1. The van der Waals surface area contributed by atoms with Crippen LogP contribution in [0, 0.1) is 6.92 Å². The van der Waals surface area contributed by atoms with Crippen LogP contribution in [-0.4, -0.2) is 25.9 Å². The van der Waals surface area contributed by atoms with Gasteiger partial charge in [0.2, 0.25) is 0 Å². The van der Waals surface area contributed by atoms with Crippen LogP contribution in [0.5, 0.6) is 0 Å². The molecule has 4 rings (SSSR count). The predicted molar refractivity (Wildman–Crippen MR) is 109 cm³/mol. The van der Waals surface area contributed by atoms with E-state index in [4.69, 9.17) is 0 Å². The fourth-order valence-corrected chi connectivity index (χ4v) is 3.69. The lowest BCUT2D eigenvalue weighted by Gasteiger charge is -2.09. The Kier molecular flexibility index (Phi) is 4.77. The van der Waals surface area contributed by atoms with Crippen LogP contribution in [0.1, 0.15) is 18.2 Å². The maximum atomic E-state index is 12.3. The van der Waals surface area contributed by atoms with Crippen LogP contribution < -0.4 is 10.9 Å². The van der Waals surface area contributed by atoms with E-state index < -0.39 is 0 Å². The van der Waals surface area contributed by atoms with Crippen molar-refractivity contribution >= 4 is 34.1 Å². The van der Waals surface area contributed by atoms with Crippen LogP contribution in [0.2, 0.25) is 0 Å². The van der Waals surface area contributed by atoms with Gasteiger partial charge in [-0.15, -0.1) is 0 Å². The second-order valence-corrected chi connectivity index (χ2v) is 7.10. The molecule has 0 aliphatic rings. The van der Waals surface area contributed by atoms with Crippen LogP contribution in [0.15, 0.2) is 58.6 Å². The third-order valence-electron chi connectivity index (χ3n) is 4.22. The maximum Gasteiger partial charge on any atom is 0.258 e. The summed E-state index contributed by atoms with van der Waals surface area (Å²) in [5.41, 5.74) is 3.20. The molecule has 27 heavy (non-hydrogen) atoms. The molecule has 4 aromatic rings. The summed E-state index contributed by atoms with van der Waals surface area (Å²) < 4.78 is 1.57. The van der Waals surface area contributed by atoms with E-state index in [0.717, 1.165) is 34.5 Å². The van der Waals surface area contributed by atoms with E-state index in [2.05, 4.69) is 20.3 Å². The molecule has 0 amide bonds. The topological polar surface area (TPSA) is 72.2 Å². The highest BCUT2D eigenvalue weighted by molar-refractivity contribution is 7.98. The number of para-hydroxylation sites is 1. The van der Waals surface area contributed by atoms with Gasteiger partial charge in [-0.2, -0.15) is 0 Å². The Morgan fingerprint density at radius 3 is 2.81 bits per heavy atom. The van der Waals surface area contributed by atoms with E-state index in [1.165, 1.54) is 11.8 Å². The molecule has 3 heterocycles. The monoisotopic (exact) mass is 377 g/mol. The number of benzene rings is 1. The molecule has 1 aromatic carbocycles. The fourth-order valence-electron chi connectivity index (χ4n) is 2.94. The van der Waals surface area contributed by atoms with Crippen LogP contribution >= 0.6 is 11.8 Å². The standard InChI is InChI=1S/C20H19N5OS/c1-3-21-18-15-8-4-5-9-16(15)23-20(24-18)27-12-14-11-17(26)25-10-6-7-13(2)19(25)22-14/h4-11H,3,12H2,1-2H3,(H,21,23,24). The normalized spacial score (nSPS) is 11.2. The Morgan fingerprint density at radius 1 is 1.11 bits per heavy atom. The van der Waals surface area contributed by atoms with Crippen LogP contribution in [0.25, 0.3) is 16.6 Å². The van der Waals surface area contributed by atoms with Crippen molar-refractivity contribution in [2.24, 2.45) is 0 Å². The number of anilines is 1. The summed E-state index contributed by atoms with van der Waals surface area (Å²) in [5.74, 6) is 1.36. The van der Waals surface area contributed by atoms with E-state index >= 15 is 0 Å². The number of hydrogen-bond acceptors (Lipinski definition) is 6. The average molecular weight is 377 g/mol. The van der Waals surface area contributed by atoms with E-state index in [9.17, 15) is 4.79 Å². The molecule has 6 nitrogen and oxygen atoms in total. The molecule has 0 unspecified atom stereocenters. The number of rotatable bonds is 5. The SMILES string of the molecule is CCNc1nc(SCc2cc(=O)n3cccc(C)c3n2)nc2ccccc12. The Bertz CT molecular complexity index is 1190. The molecule has 0 atom stereocenters. The molecule has 1 N–H and O–H groups in total. The molecule has 0 saturated heterocycles. The average Bonchev–Trinajstić information content (AvgIpc) is 2.67. The molecule has 0 fully saturated rings. The predicted octanol–water partition coefficient (Wildman–Crippen LogP) is 3.67. The number of thioether (sulfide) groups is 1. The summed E-state index contributed by atoms with van der Waals surface area (Å²) in [6.07, 6.45) is 1.74. The Balaban J connectivity index is 1.66. The van der Waals surface area contributed by atoms with E-state index in [1.807, 2.05) is 50.2 Å². The van der Waals surface area contributed by atoms with Crippen molar-refractivity contribution in [3.05, 3.63) is 70.3 Å². The zero-order chi connectivity index (χ0) is 18.8. The minimum atomic E-state index is -0.0768. The summed E-state index contributed by atoms with van der Waals surface area (Å²) in [4.78, 5) is 26.3. The van der Waals surface area contributed by atoms with Gasteiger partial charge in [0.05, 0.1) is 11.2 Å². The lowest BCUT2D eigenvalue weighted by molar-refractivity contribution is 0.980. The number of hydrogen-bond donors (Lipinski definition) is 1. The molecule has 7 heteroatoms. The van der Waals surface area contributed by atoms with E-state index in [1.54, 1.807) is 16.7 Å². The first-order valence-corrected chi connectivity index (χ1v) is 9.75. The molecule has 0 radical (unpaired) electrons. The molecule has 0 aliphatic carbocycles. The summed E-state index contributed by atoms with van der Waals surface area (Å²) in [6, 6.07) is 13.3. The van der Waals surface area contributed by atoms with Gasteiger partial charge in [-0.05, 0) is 37.6 Å². The number of pyridine rings is 1. The summed E-state index contributed by atoms with van der Waals surface area (Å²) >= 11 is 1.48. The molecule has 0 saturated carbocycles. The third-order valence-corrected chi connectivity index (χ3v) is 5.10. The van der Waals surface area contributed by atoms with Crippen molar-refractivity contribution < 1.29 is 0 Å². The Hall–Kier alpha value is -2.93. The smallest absolute Gasteiger partial charge is 0.258 e. The zero-order valence-corrected chi connectivity index (χ0v) is 16.0. The lowest BCUT2D eigenvalue weighted by Crippen LogP contribution is -2.15. The number of nitrogens with one attached hydrogen (secondary N) is 1. The van der Waals surface area contributed by atoms with Gasteiger partial charge in [-0.1, -0.05) is 30.0 Å². The first-order chi connectivity index (χ1) is 13.2. The van der Waals surface area contributed by atoms with Gasteiger partial charge in [0.25, 0.3) is 5.56 Å². The van der Waals surface area contributed by atoms with Crippen molar-refractivity contribution in [1.29, 1.82) is 0 Å². The lowest BCUT2D eigenvalue weighted by atomic mass is 10.2. The molecule has 0 spiro atoms.